The van der Waals surface area contributed by atoms with Crippen molar-refractivity contribution in [1.29, 1.82) is 0 Å². The zero-order valence-corrected chi connectivity index (χ0v) is 11.9. The average Bonchev–Trinajstić information content (AvgIpc) is 2.42. The Morgan fingerprint density at radius 1 is 1.22 bits per heavy atom. The predicted octanol–water partition coefficient (Wildman–Crippen LogP) is 2.96. The minimum absolute atomic E-state index is 0.708. The largest absolute Gasteiger partial charge is 0.314 e. The van der Waals surface area contributed by atoms with E-state index < -0.39 is 0 Å². The standard InChI is InChI=1S/C15H23ClN2/c1-2-18-11-8-15(9-12-18)17-10-7-13-3-5-14(16)6-4-13/h3-6,15,17H,2,7-12H2,1H3. The van der Waals surface area contributed by atoms with Crippen LogP contribution >= 0.6 is 11.6 Å². The van der Waals surface area contributed by atoms with Crippen LogP contribution in [0.25, 0.3) is 0 Å². The molecule has 0 aromatic heterocycles. The maximum Gasteiger partial charge on any atom is 0.0406 e. The van der Waals surface area contributed by atoms with Gasteiger partial charge in [0.25, 0.3) is 0 Å². The zero-order chi connectivity index (χ0) is 12.8. The summed E-state index contributed by atoms with van der Waals surface area (Å²) in [5.74, 6) is 0. The third-order valence-electron chi connectivity index (χ3n) is 3.79. The van der Waals surface area contributed by atoms with Crippen LogP contribution < -0.4 is 5.32 Å². The third-order valence-corrected chi connectivity index (χ3v) is 4.05. The van der Waals surface area contributed by atoms with Crippen molar-refractivity contribution in [2.75, 3.05) is 26.2 Å². The first-order valence-electron chi connectivity index (χ1n) is 6.98. The van der Waals surface area contributed by atoms with E-state index >= 15 is 0 Å². The number of piperidine rings is 1. The van der Waals surface area contributed by atoms with E-state index in [1.54, 1.807) is 0 Å². The van der Waals surface area contributed by atoms with Gasteiger partial charge in [-0.1, -0.05) is 30.7 Å². The molecule has 1 saturated heterocycles. The summed E-state index contributed by atoms with van der Waals surface area (Å²) < 4.78 is 0. The van der Waals surface area contributed by atoms with E-state index in [9.17, 15) is 0 Å². The van der Waals surface area contributed by atoms with Gasteiger partial charge in [-0.15, -0.1) is 0 Å². The number of nitrogens with zero attached hydrogens (tertiary/aromatic N) is 1. The molecule has 3 heteroatoms. The average molecular weight is 267 g/mol. The van der Waals surface area contributed by atoms with Gasteiger partial charge in [0, 0.05) is 11.1 Å². The lowest BCUT2D eigenvalue weighted by Crippen LogP contribution is -2.42. The number of nitrogens with one attached hydrogen (secondary N) is 1. The smallest absolute Gasteiger partial charge is 0.0406 e. The van der Waals surface area contributed by atoms with E-state index in [1.165, 1.54) is 38.0 Å². The fraction of sp³-hybridized carbons (Fsp3) is 0.600. The Kier molecular flexibility index (Phi) is 5.48. The Bertz CT molecular complexity index is 342. The fourth-order valence-electron chi connectivity index (χ4n) is 2.53. The molecule has 1 aliphatic heterocycles. The number of hydrogen-bond acceptors (Lipinski definition) is 2. The van der Waals surface area contributed by atoms with Gasteiger partial charge >= 0.3 is 0 Å². The molecule has 1 heterocycles. The van der Waals surface area contributed by atoms with Gasteiger partial charge in [0.2, 0.25) is 0 Å². The SMILES string of the molecule is CCN1CCC(NCCc2ccc(Cl)cc2)CC1. The first-order chi connectivity index (χ1) is 8.78. The van der Waals surface area contributed by atoms with Gasteiger partial charge in [-0.3, -0.25) is 0 Å². The molecule has 0 spiro atoms. The molecule has 0 saturated carbocycles. The molecule has 1 aliphatic rings. The number of hydrogen-bond donors (Lipinski definition) is 1. The van der Waals surface area contributed by atoms with Crippen LogP contribution in [0.4, 0.5) is 0 Å². The summed E-state index contributed by atoms with van der Waals surface area (Å²) in [6.45, 7) is 6.99. The first kappa shape index (κ1) is 13.9. The van der Waals surface area contributed by atoms with Crippen LogP contribution in [0.1, 0.15) is 25.3 Å². The molecule has 1 aromatic rings. The number of benzene rings is 1. The highest BCUT2D eigenvalue weighted by atomic mass is 35.5. The second-order valence-corrected chi connectivity index (χ2v) is 5.48. The van der Waals surface area contributed by atoms with Crippen LogP contribution in [0, 0.1) is 0 Å². The molecule has 1 fully saturated rings. The first-order valence-corrected chi connectivity index (χ1v) is 7.36. The van der Waals surface area contributed by atoms with Crippen LogP contribution in [-0.2, 0) is 6.42 Å². The molecule has 100 valence electrons. The fourth-order valence-corrected chi connectivity index (χ4v) is 2.65. The minimum atomic E-state index is 0.708. The topological polar surface area (TPSA) is 15.3 Å². The molecule has 1 aromatic carbocycles. The monoisotopic (exact) mass is 266 g/mol. The van der Waals surface area contributed by atoms with Crippen molar-refractivity contribution in [3.8, 4) is 0 Å². The lowest BCUT2D eigenvalue weighted by molar-refractivity contribution is 0.207. The second-order valence-electron chi connectivity index (χ2n) is 5.04. The van der Waals surface area contributed by atoms with Crippen molar-refractivity contribution in [1.82, 2.24) is 10.2 Å². The maximum absolute atomic E-state index is 5.87. The summed E-state index contributed by atoms with van der Waals surface area (Å²) in [6.07, 6.45) is 3.66. The van der Waals surface area contributed by atoms with Crippen molar-refractivity contribution in [2.45, 2.75) is 32.2 Å². The lowest BCUT2D eigenvalue weighted by atomic mass is 10.0. The Hall–Kier alpha value is -0.570. The second kappa shape index (κ2) is 7.13. The Morgan fingerprint density at radius 2 is 1.89 bits per heavy atom. The molecular weight excluding hydrogens is 244 g/mol. The van der Waals surface area contributed by atoms with Crippen LogP contribution in [0.3, 0.4) is 0 Å². The van der Waals surface area contributed by atoms with Crippen LogP contribution in [0.5, 0.6) is 0 Å². The van der Waals surface area contributed by atoms with E-state index in [-0.39, 0.29) is 0 Å². The molecule has 1 N–H and O–H groups in total. The Labute approximate surface area is 115 Å². The van der Waals surface area contributed by atoms with Gasteiger partial charge in [-0.25, -0.2) is 0 Å². The van der Waals surface area contributed by atoms with Gasteiger partial charge in [-0.05, 0) is 63.1 Å². The summed E-state index contributed by atoms with van der Waals surface area (Å²) in [5, 5.41) is 4.49. The van der Waals surface area contributed by atoms with Gasteiger partial charge in [0.05, 0.1) is 0 Å². The maximum atomic E-state index is 5.87. The third kappa shape index (κ3) is 4.27. The van der Waals surface area contributed by atoms with Crippen molar-refractivity contribution >= 4 is 11.6 Å². The van der Waals surface area contributed by atoms with Crippen molar-refractivity contribution in [3.63, 3.8) is 0 Å². The minimum Gasteiger partial charge on any atom is -0.314 e. The molecule has 0 bridgehead atoms. The van der Waals surface area contributed by atoms with Gasteiger partial charge in [-0.2, -0.15) is 0 Å². The van der Waals surface area contributed by atoms with E-state index in [0.717, 1.165) is 18.0 Å². The normalized spacial score (nSPS) is 18.1. The molecule has 0 unspecified atom stereocenters. The summed E-state index contributed by atoms with van der Waals surface area (Å²) >= 11 is 5.87. The Morgan fingerprint density at radius 3 is 2.50 bits per heavy atom. The highest BCUT2D eigenvalue weighted by molar-refractivity contribution is 6.30. The molecule has 0 aliphatic carbocycles. The zero-order valence-electron chi connectivity index (χ0n) is 11.2. The molecule has 0 atom stereocenters. The number of halogens is 1. The van der Waals surface area contributed by atoms with Crippen molar-refractivity contribution < 1.29 is 0 Å². The van der Waals surface area contributed by atoms with E-state index in [1.807, 2.05) is 12.1 Å². The molecule has 0 radical (unpaired) electrons. The van der Waals surface area contributed by atoms with E-state index in [4.69, 9.17) is 11.6 Å². The van der Waals surface area contributed by atoms with Crippen LogP contribution in [0.2, 0.25) is 5.02 Å². The van der Waals surface area contributed by atoms with E-state index in [2.05, 4.69) is 29.3 Å². The number of rotatable bonds is 5. The highest BCUT2D eigenvalue weighted by Crippen LogP contribution is 2.11. The predicted molar refractivity (Wildman–Crippen MR) is 78.3 cm³/mol. The quantitative estimate of drug-likeness (QED) is 0.882. The summed E-state index contributed by atoms with van der Waals surface area (Å²) in [6, 6.07) is 8.88. The van der Waals surface area contributed by atoms with Gasteiger partial charge in [0.15, 0.2) is 0 Å². The van der Waals surface area contributed by atoms with Gasteiger partial charge in [0.1, 0.15) is 0 Å². The lowest BCUT2D eigenvalue weighted by Gasteiger charge is -2.31. The highest BCUT2D eigenvalue weighted by Gasteiger charge is 2.16. The van der Waals surface area contributed by atoms with Gasteiger partial charge < -0.3 is 10.2 Å². The summed E-state index contributed by atoms with van der Waals surface area (Å²) in [7, 11) is 0. The van der Waals surface area contributed by atoms with Crippen molar-refractivity contribution in [2.24, 2.45) is 0 Å². The summed E-state index contributed by atoms with van der Waals surface area (Å²) in [4.78, 5) is 2.53. The van der Waals surface area contributed by atoms with E-state index in [0.29, 0.717) is 6.04 Å². The molecular formula is C15H23ClN2. The molecule has 18 heavy (non-hydrogen) atoms. The van der Waals surface area contributed by atoms with Crippen molar-refractivity contribution in [3.05, 3.63) is 34.9 Å². The Balaban J connectivity index is 1.65. The summed E-state index contributed by atoms with van der Waals surface area (Å²) in [5.41, 5.74) is 1.36. The molecule has 2 rings (SSSR count). The van der Waals surface area contributed by atoms with Crippen LogP contribution in [0.15, 0.2) is 24.3 Å². The molecule has 0 amide bonds. The molecule has 2 nitrogen and oxygen atoms in total. The number of likely N-dealkylation sites (tertiary alicyclic amines) is 1. The van der Waals surface area contributed by atoms with Crippen LogP contribution in [-0.4, -0.2) is 37.1 Å².